The fourth-order valence-corrected chi connectivity index (χ4v) is 2.72. The van der Waals surface area contributed by atoms with Crippen molar-refractivity contribution < 1.29 is 4.74 Å². The molecule has 0 bridgehead atoms. The molecule has 3 aromatic rings. The minimum atomic E-state index is 0.613. The molecular formula is C18H20N4OS. The zero-order valence-electron chi connectivity index (χ0n) is 13.6. The van der Waals surface area contributed by atoms with Crippen LogP contribution < -0.4 is 4.74 Å². The summed E-state index contributed by atoms with van der Waals surface area (Å²) in [5.41, 5.74) is 0.831. The Morgan fingerprint density at radius 3 is 2.67 bits per heavy atom. The van der Waals surface area contributed by atoms with E-state index in [0.717, 1.165) is 29.6 Å². The van der Waals surface area contributed by atoms with E-state index in [2.05, 4.69) is 15.2 Å². The Kier molecular flexibility index (Phi) is 5.51. The lowest BCUT2D eigenvalue weighted by molar-refractivity contribution is 0.218. The van der Waals surface area contributed by atoms with E-state index in [1.807, 2.05) is 61.6 Å². The molecule has 0 atom stereocenters. The largest absolute Gasteiger partial charge is 0.494 e. The molecule has 0 unspecified atom stereocenters. The number of aromatic nitrogens is 3. The molecule has 1 aromatic heterocycles. The Bertz CT molecular complexity index is 850. The molecule has 1 heterocycles. The van der Waals surface area contributed by atoms with Gasteiger partial charge in [-0.1, -0.05) is 47.8 Å². The van der Waals surface area contributed by atoms with Gasteiger partial charge in [-0.2, -0.15) is 0 Å². The van der Waals surface area contributed by atoms with Gasteiger partial charge in [-0.05, 0) is 37.7 Å². The molecule has 24 heavy (non-hydrogen) atoms. The SMILES string of the molecule is CN(CCCOc1ccccc1)Cn1nnc2ccccc2c1=S. The first-order valence-electron chi connectivity index (χ1n) is 7.93. The summed E-state index contributed by atoms with van der Waals surface area (Å²) in [5, 5.41) is 9.40. The highest BCUT2D eigenvalue weighted by atomic mass is 32.1. The molecule has 0 spiro atoms. The first-order chi connectivity index (χ1) is 11.7. The number of hydrogen-bond acceptors (Lipinski definition) is 5. The van der Waals surface area contributed by atoms with Crippen molar-refractivity contribution in [3.8, 4) is 5.75 Å². The van der Waals surface area contributed by atoms with Gasteiger partial charge in [0.1, 0.15) is 10.4 Å². The molecule has 0 aliphatic rings. The Morgan fingerprint density at radius 1 is 1.08 bits per heavy atom. The van der Waals surface area contributed by atoms with E-state index in [1.54, 1.807) is 4.68 Å². The number of fused-ring (bicyclic) bond motifs is 1. The van der Waals surface area contributed by atoms with Gasteiger partial charge in [-0.3, -0.25) is 4.90 Å². The summed E-state index contributed by atoms with van der Waals surface area (Å²) in [6.45, 7) is 2.19. The first kappa shape index (κ1) is 16.5. The lowest BCUT2D eigenvalue weighted by Crippen LogP contribution is -2.26. The molecule has 124 valence electrons. The smallest absolute Gasteiger partial charge is 0.135 e. The van der Waals surface area contributed by atoms with Crippen molar-refractivity contribution in [2.75, 3.05) is 20.2 Å². The van der Waals surface area contributed by atoms with Crippen LogP contribution in [0, 0.1) is 4.64 Å². The molecule has 0 N–H and O–H groups in total. The summed E-state index contributed by atoms with van der Waals surface area (Å²) >= 11 is 5.52. The van der Waals surface area contributed by atoms with E-state index in [0.29, 0.717) is 17.9 Å². The highest BCUT2D eigenvalue weighted by Crippen LogP contribution is 2.11. The normalized spacial score (nSPS) is 11.1. The van der Waals surface area contributed by atoms with Crippen molar-refractivity contribution in [3.05, 3.63) is 59.2 Å². The zero-order chi connectivity index (χ0) is 16.8. The molecule has 0 amide bonds. The highest BCUT2D eigenvalue weighted by molar-refractivity contribution is 7.71. The van der Waals surface area contributed by atoms with Gasteiger partial charge in [0.2, 0.25) is 0 Å². The highest BCUT2D eigenvalue weighted by Gasteiger charge is 2.05. The first-order valence-corrected chi connectivity index (χ1v) is 8.34. The number of rotatable bonds is 7. The van der Waals surface area contributed by atoms with Crippen LogP contribution in [0.3, 0.4) is 0 Å². The van der Waals surface area contributed by atoms with Crippen LogP contribution in [0.4, 0.5) is 0 Å². The molecule has 3 rings (SSSR count). The minimum Gasteiger partial charge on any atom is -0.494 e. The summed E-state index contributed by atoms with van der Waals surface area (Å²) in [4.78, 5) is 2.16. The quantitative estimate of drug-likeness (QED) is 0.486. The molecule has 0 saturated heterocycles. The van der Waals surface area contributed by atoms with Crippen LogP contribution in [0.15, 0.2) is 54.6 Å². The maximum atomic E-state index is 5.71. The lowest BCUT2D eigenvalue weighted by atomic mass is 10.2. The van der Waals surface area contributed by atoms with E-state index in [9.17, 15) is 0 Å². The number of hydrogen-bond donors (Lipinski definition) is 0. The monoisotopic (exact) mass is 340 g/mol. The molecule has 0 aliphatic carbocycles. The predicted molar refractivity (Wildman–Crippen MR) is 97.5 cm³/mol. The second-order valence-electron chi connectivity index (χ2n) is 5.65. The summed E-state index contributed by atoms with van der Waals surface area (Å²) in [6, 6.07) is 17.7. The van der Waals surface area contributed by atoms with E-state index >= 15 is 0 Å². The van der Waals surface area contributed by atoms with Crippen molar-refractivity contribution in [1.29, 1.82) is 0 Å². The van der Waals surface area contributed by atoms with Crippen LogP contribution >= 0.6 is 12.2 Å². The topological polar surface area (TPSA) is 43.2 Å². The average molecular weight is 340 g/mol. The van der Waals surface area contributed by atoms with Gasteiger partial charge in [0.15, 0.2) is 0 Å². The lowest BCUT2D eigenvalue weighted by Gasteiger charge is -2.17. The third-order valence-corrected chi connectivity index (χ3v) is 4.13. The number of para-hydroxylation sites is 1. The second-order valence-corrected chi connectivity index (χ2v) is 6.03. The fourth-order valence-electron chi connectivity index (χ4n) is 2.46. The fraction of sp³-hybridized carbons (Fsp3) is 0.278. The Balaban J connectivity index is 1.52. The minimum absolute atomic E-state index is 0.613. The van der Waals surface area contributed by atoms with E-state index < -0.39 is 0 Å². The number of ether oxygens (including phenoxy) is 1. The maximum absolute atomic E-state index is 5.71. The Morgan fingerprint density at radius 2 is 1.83 bits per heavy atom. The molecular weight excluding hydrogens is 320 g/mol. The van der Waals surface area contributed by atoms with E-state index in [-0.39, 0.29) is 0 Å². The van der Waals surface area contributed by atoms with Gasteiger partial charge in [-0.15, -0.1) is 5.10 Å². The van der Waals surface area contributed by atoms with Gasteiger partial charge in [0, 0.05) is 11.9 Å². The van der Waals surface area contributed by atoms with Gasteiger partial charge in [-0.25, -0.2) is 4.68 Å². The number of benzene rings is 2. The van der Waals surface area contributed by atoms with Crippen LogP contribution in [-0.2, 0) is 6.67 Å². The van der Waals surface area contributed by atoms with Crippen molar-refractivity contribution in [3.63, 3.8) is 0 Å². The summed E-state index contributed by atoms with van der Waals surface area (Å²) < 4.78 is 8.18. The number of nitrogens with zero attached hydrogens (tertiary/aromatic N) is 4. The predicted octanol–water partition coefficient (Wildman–Crippen LogP) is 3.52. The van der Waals surface area contributed by atoms with Gasteiger partial charge >= 0.3 is 0 Å². The van der Waals surface area contributed by atoms with Crippen LogP contribution in [0.2, 0.25) is 0 Å². The Labute approximate surface area is 146 Å². The third kappa shape index (κ3) is 4.15. The van der Waals surface area contributed by atoms with Crippen LogP contribution in [-0.4, -0.2) is 40.1 Å². The second kappa shape index (κ2) is 7.99. The van der Waals surface area contributed by atoms with Crippen LogP contribution in [0.5, 0.6) is 5.75 Å². The van der Waals surface area contributed by atoms with Gasteiger partial charge < -0.3 is 4.74 Å². The maximum Gasteiger partial charge on any atom is 0.135 e. The van der Waals surface area contributed by atoms with Gasteiger partial charge in [0.05, 0.1) is 18.8 Å². The van der Waals surface area contributed by atoms with Crippen molar-refractivity contribution >= 4 is 23.1 Å². The molecule has 0 radical (unpaired) electrons. The summed E-state index contributed by atoms with van der Waals surface area (Å²) in [6.07, 6.45) is 0.930. The Hall–Kier alpha value is -2.31. The standard InChI is InChI=1S/C18H20N4OS/c1-21(12-7-13-23-15-8-3-2-4-9-15)14-22-18(24)16-10-5-6-11-17(16)19-20-22/h2-6,8-11H,7,12-14H2,1H3. The molecule has 2 aromatic carbocycles. The van der Waals surface area contributed by atoms with E-state index in [1.165, 1.54) is 0 Å². The van der Waals surface area contributed by atoms with Crippen molar-refractivity contribution in [2.45, 2.75) is 13.1 Å². The summed E-state index contributed by atoms with van der Waals surface area (Å²) in [7, 11) is 2.04. The van der Waals surface area contributed by atoms with E-state index in [4.69, 9.17) is 17.0 Å². The molecule has 0 saturated carbocycles. The van der Waals surface area contributed by atoms with Gasteiger partial charge in [0.25, 0.3) is 0 Å². The van der Waals surface area contributed by atoms with Crippen LogP contribution in [0.25, 0.3) is 10.9 Å². The molecule has 5 nitrogen and oxygen atoms in total. The van der Waals surface area contributed by atoms with Crippen molar-refractivity contribution in [1.82, 2.24) is 19.9 Å². The third-order valence-electron chi connectivity index (χ3n) is 3.70. The van der Waals surface area contributed by atoms with Crippen LogP contribution in [0.1, 0.15) is 6.42 Å². The van der Waals surface area contributed by atoms with Crippen molar-refractivity contribution in [2.24, 2.45) is 0 Å². The molecule has 6 heteroatoms. The summed E-state index contributed by atoms with van der Waals surface area (Å²) in [5.74, 6) is 0.905. The molecule has 0 aliphatic heterocycles. The zero-order valence-corrected chi connectivity index (χ0v) is 14.4. The average Bonchev–Trinajstić information content (AvgIpc) is 2.62. The molecule has 0 fully saturated rings.